The fraction of sp³-hybridized carbons (Fsp3) is 0.463. The molecule has 3 aromatic carbocycles. The monoisotopic (exact) mass is 691 g/mol. The van der Waals surface area contributed by atoms with Crippen molar-refractivity contribution in [2.75, 3.05) is 23.3 Å². The molecule has 3 amide bonds. The Kier molecular flexibility index (Phi) is 10.4. The molecule has 3 aromatic rings. The summed E-state index contributed by atoms with van der Waals surface area (Å²) in [6, 6.07) is 21.3. The van der Waals surface area contributed by atoms with Crippen LogP contribution >= 0.6 is 0 Å². The number of rotatable bonds is 9. The third-order valence-electron chi connectivity index (χ3n) is 11.6. The van der Waals surface area contributed by atoms with Gasteiger partial charge in [-0.05, 0) is 94.5 Å². The average molecular weight is 692 g/mol. The second-order valence-corrected chi connectivity index (χ2v) is 14.9. The van der Waals surface area contributed by atoms with Crippen molar-refractivity contribution in [3.05, 3.63) is 89.0 Å². The lowest BCUT2D eigenvalue weighted by Gasteiger charge is -2.47. The number of fused-ring (bicyclic) bond motifs is 1. The normalized spacial score (nSPS) is 22.3. The zero-order valence-corrected chi connectivity index (χ0v) is 29.5. The number of nitrogens with two attached hydrogens (primary N) is 1. The first-order valence-corrected chi connectivity index (χ1v) is 18.9. The standard InChI is InChI=1S/C41H50N6O4/c42-38(45-41(50)51-35-14-5-2-6-15-35)31-21-20-30-24-37(40(49)44-32-10-9-11-33(26-32)46-22-7-8-23-46)47(36(30)25-31,34-12-3-1-4-13-34)27-28-16-18-29(19-17-28)39(43)48/h9-11,16-21,25-26,34-35,37H,1-8,12-15,22-24,27H2,(H4-,42,43,44,45,48,49,50)/p+1. The Hall–Kier alpha value is -4.70. The molecule has 7 rings (SSSR count). The van der Waals surface area contributed by atoms with Crippen LogP contribution in [0.15, 0.2) is 66.7 Å². The summed E-state index contributed by atoms with van der Waals surface area (Å²) >= 11 is 0. The van der Waals surface area contributed by atoms with Gasteiger partial charge < -0.3 is 20.7 Å². The predicted octanol–water partition coefficient (Wildman–Crippen LogP) is 7.17. The van der Waals surface area contributed by atoms with Gasteiger partial charge in [0.1, 0.15) is 24.2 Å². The van der Waals surface area contributed by atoms with Crippen molar-refractivity contribution in [1.82, 2.24) is 9.80 Å². The maximum absolute atomic E-state index is 14.7. The largest absolute Gasteiger partial charge is 0.446 e. The van der Waals surface area contributed by atoms with Crippen molar-refractivity contribution in [3.8, 4) is 0 Å². The summed E-state index contributed by atoms with van der Waals surface area (Å²) in [6.45, 7) is 2.59. The Labute approximate surface area is 300 Å². The summed E-state index contributed by atoms with van der Waals surface area (Å²) in [5.41, 5.74) is 11.6. The molecule has 0 spiro atoms. The number of alkyl carbamates (subject to hydrolysis) is 1. The molecule has 1 saturated heterocycles. The number of anilines is 2. The lowest BCUT2D eigenvalue weighted by molar-refractivity contribution is -0.121. The van der Waals surface area contributed by atoms with Gasteiger partial charge in [0.15, 0.2) is 6.04 Å². The number of amidine groups is 1. The molecule has 51 heavy (non-hydrogen) atoms. The van der Waals surface area contributed by atoms with Crippen LogP contribution in [0.25, 0.3) is 0 Å². The third kappa shape index (κ3) is 7.52. The van der Waals surface area contributed by atoms with Crippen LogP contribution < -0.4 is 25.8 Å². The fourth-order valence-electron chi connectivity index (χ4n) is 9.03. The van der Waals surface area contributed by atoms with Crippen LogP contribution in [0.4, 0.5) is 21.9 Å². The van der Waals surface area contributed by atoms with Crippen molar-refractivity contribution in [2.45, 2.75) is 108 Å². The van der Waals surface area contributed by atoms with Crippen LogP contribution in [0.1, 0.15) is 104 Å². The van der Waals surface area contributed by atoms with Crippen molar-refractivity contribution in [2.24, 2.45) is 5.73 Å². The molecule has 0 radical (unpaired) electrons. The Bertz CT molecular complexity index is 1760. The molecular formula is C41H51N6O4+. The molecule has 2 heterocycles. The topological polar surface area (TPSA) is 138 Å². The molecule has 2 atom stereocenters. The summed E-state index contributed by atoms with van der Waals surface area (Å²) in [6.07, 6.45) is 12.4. The van der Waals surface area contributed by atoms with Crippen LogP contribution in [-0.4, -0.2) is 55.0 Å². The number of carbonyl (C=O) groups is 3. The van der Waals surface area contributed by atoms with Crippen molar-refractivity contribution < 1.29 is 19.1 Å². The van der Waals surface area contributed by atoms with Gasteiger partial charge in [0, 0.05) is 59.2 Å². The fourth-order valence-corrected chi connectivity index (χ4v) is 9.03. The lowest BCUT2D eigenvalue weighted by Crippen LogP contribution is -2.64. The van der Waals surface area contributed by atoms with E-state index in [9.17, 15) is 14.4 Å². The highest BCUT2D eigenvalue weighted by atomic mass is 16.6. The van der Waals surface area contributed by atoms with E-state index in [1.54, 1.807) is 12.1 Å². The predicted molar refractivity (Wildman–Crippen MR) is 201 cm³/mol. The highest BCUT2D eigenvalue weighted by Gasteiger charge is 2.55. The molecule has 3 fully saturated rings. The summed E-state index contributed by atoms with van der Waals surface area (Å²) < 4.78 is 6.09. The quantitative estimate of drug-likeness (QED) is 0.107. The Balaban J connectivity index is 1.24. The average Bonchev–Trinajstić information content (AvgIpc) is 3.80. The molecule has 2 saturated carbocycles. The van der Waals surface area contributed by atoms with Crippen LogP contribution in [0, 0.1) is 5.41 Å². The van der Waals surface area contributed by atoms with Crippen LogP contribution in [0.5, 0.6) is 0 Å². The van der Waals surface area contributed by atoms with Gasteiger partial charge in [0.2, 0.25) is 5.91 Å². The number of amides is 3. The molecular weight excluding hydrogens is 640 g/mol. The third-order valence-corrected chi connectivity index (χ3v) is 11.6. The van der Waals surface area contributed by atoms with Gasteiger partial charge in [-0.25, -0.2) is 4.79 Å². The van der Waals surface area contributed by atoms with E-state index in [4.69, 9.17) is 15.9 Å². The van der Waals surface area contributed by atoms with E-state index in [0.29, 0.717) is 28.6 Å². The first kappa shape index (κ1) is 34.7. The number of ether oxygens (including phenoxy) is 1. The Morgan fingerprint density at radius 2 is 1.51 bits per heavy atom. The first-order chi connectivity index (χ1) is 24.8. The van der Waals surface area contributed by atoms with Gasteiger partial charge in [-0.2, -0.15) is 0 Å². The van der Waals surface area contributed by atoms with Gasteiger partial charge in [0.05, 0.1) is 6.04 Å². The van der Waals surface area contributed by atoms with E-state index in [2.05, 4.69) is 27.7 Å². The number of benzene rings is 3. The van der Waals surface area contributed by atoms with Crippen LogP contribution in [0.2, 0.25) is 0 Å². The van der Waals surface area contributed by atoms with E-state index < -0.39 is 18.0 Å². The lowest BCUT2D eigenvalue weighted by atomic mass is 9.89. The number of nitrogens with zero attached hydrogens (tertiary/aromatic N) is 2. The van der Waals surface area contributed by atoms with Gasteiger partial charge in [-0.1, -0.05) is 43.2 Å². The maximum atomic E-state index is 14.7. The summed E-state index contributed by atoms with van der Waals surface area (Å²) in [7, 11) is 0. The van der Waals surface area contributed by atoms with Crippen LogP contribution in [-0.2, 0) is 22.5 Å². The van der Waals surface area contributed by atoms with Crippen molar-refractivity contribution in [1.29, 1.82) is 5.41 Å². The second kappa shape index (κ2) is 15.3. The zero-order chi connectivity index (χ0) is 35.4. The number of hydrogen-bond donors (Lipinski definition) is 4. The number of primary amides is 1. The summed E-state index contributed by atoms with van der Waals surface area (Å²) in [5, 5.41) is 14.9. The Morgan fingerprint density at radius 3 is 2.22 bits per heavy atom. The van der Waals surface area contributed by atoms with Crippen LogP contribution in [0.3, 0.4) is 0 Å². The molecule has 0 aromatic heterocycles. The molecule has 2 aliphatic heterocycles. The molecule has 2 aliphatic carbocycles. The second-order valence-electron chi connectivity index (χ2n) is 14.9. The van der Waals surface area contributed by atoms with Crippen molar-refractivity contribution >= 4 is 40.8 Å². The smallest absolute Gasteiger partial charge is 0.413 e. The summed E-state index contributed by atoms with van der Waals surface area (Å²) in [5.74, 6) is -0.525. The summed E-state index contributed by atoms with van der Waals surface area (Å²) in [4.78, 5) is 41.9. The molecule has 4 aliphatic rings. The molecule has 0 bridgehead atoms. The van der Waals surface area contributed by atoms with E-state index >= 15 is 0 Å². The first-order valence-electron chi connectivity index (χ1n) is 18.9. The van der Waals surface area contributed by atoms with E-state index in [1.165, 1.54) is 12.8 Å². The molecule has 268 valence electrons. The number of quaternary nitrogens is 1. The highest BCUT2D eigenvalue weighted by Crippen LogP contribution is 2.47. The number of nitrogens with one attached hydrogen (secondary N) is 3. The van der Waals surface area contributed by atoms with Crippen molar-refractivity contribution in [3.63, 3.8) is 0 Å². The van der Waals surface area contributed by atoms with E-state index in [-0.39, 0.29) is 23.9 Å². The molecule has 5 N–H and O–H groups in total. The minimum atomic E-state index is -0.594. The SMILES string of the molecule is N=C(NC(=O)OC1CCCCC1)c1ccc2c(c1)[N+](Cc1ccc(C(N)=O)cc1)(C1CCCCC1)C(C(=O)Nc1cccc(N3CCCC3)c1)C2. The van der Waals surface area contributed by atoms with E-state index in [1.807, 2.05) is 42.5 Å². The highest BCUT2D eigenvalue weighted by molar-refractivity contribution is 6.05. The minimum absolute atomic E-state index is 0.0159. The molecule has 10 nitrogen and oxygen atoms in total. The zero-order valence-electron chi connectivity index (χ0n) is 29.5. The van der Waals surface area contributed by atoms with Gasteiger partial charge in [-0.15, -0.1) is 0 Å². The number of carbonyl (C=O) groups excluding carboxylic acids is 3. The van der Waals surface area contributed by atoms with Gasteiger partial charge >= 0.3 is 6.09 Å². The van der Waals surface area contributed by atoms with Gasteiger partial charge in [0.25, 0.3) is 5.91 Å². The Morgan fingerprint density at radius 1 is 0.824 bits per heavy atom. The van der Waals surface area contributed by atoms with Gasteiger partial charge in [-0.3, -0.25) is 24.8 Å². The molecule has 10 heteroatoms. The molecule has 2 unspecified atom stereocenters. The van der Waals surface area contributed by atoms with E-state index in [0.717, 1.165) is 105 Å². The minimum Gasteiger partial charge on any atom is -0.446 e. The maximum Gasteiger partial charge on any atom is 0.413 e. The number of hydrogen-bond acceptors (Lipinski definition) is 6.